The van der Waals surface area contributed by atoms with E-state index < -0.39 is 22.7 Å². The summed E-state index contributed by atoms with van der Waals surface area (Å²) in [5.74, 6) is -0.0337. The Balaban J connectivity index is 1.51. The minimum atomic E-state index is -4.47. The number of alkyl halides is 3. The van der Waals surface area contributed by atoms with Gasteiger partial charge in [-0.1, -0.05) is 6.92 Å². The number of hydrogen-bond donors (Lipinski definition) is 1. The van der Waals surface area contributed by atoms with Gasteiger partial charge < -0.3 is 10.1 Å². The first-order chi connectivity index (χ1) is 13.8. The third-order valence-electron chi connectivity index (χ3n) is 4.52. The second-order valence-electron chi connectivity index (χ2n) is 6.90. The van der Waals surface area contributed by atoms with Gasteiger partial charge >= 0.3 is 6.18 Å². The number of aromatic nitrogens is 4. The Morgan fingerprint density at radius 2 is 1.93 bits per heavy atom. The monoisotopic (exact) mass is 430 g/mol. The fourth-order valence-electron chi connectivity index (χ4n) is 2.92. The van der Waals surface area contributed by atoms with Crippen molar-refractivity contribution in [1.82, 2.24) is 24.1 Å². The van der Waals surface area contributed by atoms with Crippen LogP contribution in [-0.2, 0) is 28.5 Å². The fraction of sp³-hybridized carbons (Fsp3) is 0.529. The van der Waals surface area contributed by atoms with Crippen molar-refractivity contribution in [3.05, 3.63) is 30.4 Å². The molecule has 3 rings (SSSR count). The Morgan fingerprint density at radius 3 is 2.52 bits per heavy atom. The second kappa shape index (κ2) is 8.99. The maximum atomic E-state index is 12.7. The van der Waals surface area contributed by atoms with E-state index in [1.807, 2.05) is 4.31 Å². The number of aldehydes is 1. The minimum Gasteiger partial charge on any atom is -0.351 e. The molecule has 1 fully saturated rings. The van der Waals surface area contributed by atoms with Crippen molar-refractivity contribution < 1.29 is 22.2 Å². The largest absolute Gasteiger partial charge is 0.419 e. The van der Waals surface area contributed by atoms with E-state index in [1.165, 1.54) is 6.20 Å². The van der Waals surface area contributed by atoms with Crippen LogP contribution in [0.5, 0.6) is 0 Å². The van der Waals surface area contributed by atoms with E-state index in [0.717, 1.165) is 18.7 Å². The molecule has 0 aliphatic carbocycles. The van der Waals surface area contributed by atoms with E-state index >= 15 is 0 Å². The third kappa shape index (κ3) is 5.60. The summed E-state index contributed by atoms with van der Waals surface area (Å²) in [7, 11) is -1.36. The minimum absolute atomic E-state index is 0.0175. The molecule has 2 unspecified atom stereocenters. The summed E-state index contributed by atoms with van der Waals surface area (Å²) in [6.07, 6.45) is 2.39. The molecule has 0 saturated carbocycles. The number of nitrogens with one attached hydrogen (secondary N) is 1. The first-order valence-corrected chi connectivity index (χ1v) is 10.2. The number of rotatable bonds is 7. The first kappa shape index (κ1) is 21.4. The van der Waals surface area contributed by atoms with Crippen LogP contribution >= 0.6 is 0 Å². The zero-order valence-corrected chi connectivity index (χ0v) is 16.5. The molecule has 12 heteroatoms. The molecule has 0 amide bonds. The molecule has 1 aliphatic heterocycles. The zero-order chi connectivity index (χ0) is 21.0. The van der Waals surface area contributed by atoms with Crippen LogP contribution in [-0.4, -0.2) is 53.7 Å². The normalized spacial score (nSPS) is 18.3. The van der Waals surface area contributed by atoms with Crippen molar-refractivity contribution in [3.63, 3.8) is 0 Å². The molecule has 2 atom stereocenters. The lowest BCUT2D eigenvalue weighted by molar-refractivity contribution is -0.138. The molecule has 0 aromatic carbocycles. The summed E-state index contributed by atoms with van der Waals surface area (Å²) in [5.41, 5.74) is -0.892. The van der Waals surface area contributed by atoms with Gasteiger partial charge in [-0.25, -0.2) is 18.5 Å². The lowest BCUT2D eigenvalue weighted by Crippen LogP contribution is -2.40. The summed E-state index contributed by atoms with van der Waals surface area (Å²) < 4.78 is 53.8. The zero-order valence-electron chi connectivity index (χ0n) is 15.7. The highest BCUT2D eigenvalue weighted by Crippen LogP contribution is 2.28. The molecule has 2 aromatic rings. The highest BCUT2D eigenvalue weighted by atomic mass is 32.2. The van der Waals surface area contributed by atoms with Crippen LogP contribution in [0.1, 0.15) is 25.3 Å². The van der Waals surface area contributed by atoms with Gasteiger partial charge in [-0.05, 0) is 12.8 Å². The van der Waals surface area contributed by atoms with Gasteiger partial charge in [0.05, 0.1) is 23.2 Å². The molecule has 0 bridgehead atoms. The van der Waals surface area contributed by atoms with E-state index in [1.54, 1.807) is 17.8 Å². The van der Waals surface area contributed by atoms with Gasteiger partial charge in [-0.2, -0.15) is 18.3 Å². The predicted octanol–water partition coefficient (Wildman–Crippen LogP) is 2.13. The lowest BCUT2D eigenvalue weighted by Gasteiger charge is -2.30. The van der Waals surface area contributed by atoms with E-state index in [4.69, 9.17) is 0 Å². The number of carbonyl (C=O) groups excluding carboxylic acids is 1. The third-order valence-corrected chi connectivity index (χ3v) is 5.97. The van der Waals surface area contributed by atoms with Gasteiger partial charge in [0.2, 0.25) is 5.95 Å². The van der Waals surface area contributed by atoms with Gasteiger partial charge in [0, 0.05) is 43.6 Å². The van der Waals surface area contributed by atoms with Crippen LogP contribution < -0.4 is 5.32 Å². The predicted molar refractivity (Wildman–Crippen MR) is 99.1 cm³/mol. The SMILES string of the molecule is CC(C=O)Cn1cc(S(=O)N2CCC(Nc3ncc(C(F)(F)F)cn3)CC2)cn1. The van der Waals surface area contributed by atoms with E-state index in [-0.39, 0.29) is 17.9 Å². The van der Waals surface area contributed by atoms with E-state index in [9.17, 15) is 22.2 Å². The molecule has 0 spiro atoms. The Bertz CT molecular complexity index is 850. The van der Waals surface area contributed by atoms with Crippen LogP contribution in [0, 0.1) is 5.92 Å². The molecule has 1 N–H and O–H groups in total. The van der Waals surface area contributed by atoms with Gasteiger partial charge in [-0.3, -0.25) is 4.68 Å². The van der Waals surface area contributed by atoms with Crippen LogP contribution in [0.15, 0.2) is 29.7 Å². The molecular weight excluding hydrogens is 409 g/mol. The maximum absolute atomic E-state index is 12.7. The molecule has 0 radical (unpaired) electrons. The summed E-state index contributed by atoms with van der Waals surface area (Å²) in [6, 6.07) is -0.0175. The number of hydrogen-bond acceptors (Lipinski definition) is 6. The summed E-state index contributed by atoms with van der Waals surface area (Å²) >= 11 is 0. The number of halogens is 3. The second-order valence-corrected chi connectivity index (χ2v) is 8.39. The van der Waals surface area contributed by atoms with E-state index in [2.05, 4.69) is 20.4 Å². The summed E-state index contributed by atoms with van der Waals surface area (Å²) in [6.45, 7) is 3.30. The summed E-state index contributed by atoms with van der Waals surface area (Å²) in [4.78, 5) is 18.8. The molecule has 1 aliphatic rings. The number of carbonyl (C=O) groups is 1. The molecule has 158 valence electrons. The van der Waals surface area contributed by atoms with Crippen molar-refractivity contribution in [1.29, 1.82) is 0 Å². The maximum Gasteiger partial charge on any atom is 0.419 e. The fourth-order valence-corrected chi connectivity index (χ4v) is 4.11. The first-order valence-electron chi connectivity index (χ1n) is 9.06. The van der Waals surface area contributed by atoms with E-state index in [0.29, 0.717) is 37.4 Å². The molecule has 3 heterocycles. The Labute approximate surface area is 168 Å². The Morgan fingerprint density at radius 1 is 1.28 bits per heavy atom. The number of piperidine rings is 1. The number of anilines is 1. The highest BCUT2D eigenvalue weighted by molar-refractivity contribution is 7.82. The lowest BCUT2D eigenvalue weighted by atomic mass is 10.1. The van der Waals surface area contributed by atoms with Crippen molar-refractivity contribution in [2.75, 3.05) is 18.4 Å². The molecular formula is C17H21F3N6O2S. The van der Waals surface area contributed by atoms with Crippen molar-refractivity contribution >= 4 is 23.2 Å². The average Bonchev–Trinajstić information content (AvgIpc) is 3.16. The van der Waals surface area contributed by atoms with Gasteiger partial charge in [0.25, 0.3) is 0 Å². The summed E-state index contributed by atoms with van der Waals surface area (Å²) in [5, 5.41) is 7.17. The van der Waals surface area contributed by atoms with Gasteiger partial charge in [-0.15, -0.1) is 0 Å². The van der Waals surface area contributed by atoms with Crippen LogP contribution in [0.3, 0.4) is 0 Å². The van der Waals surface area contributed by atoms with Gasteiger partial charge in [0.15, 0.2) is 0 Å². The van der Waals surface area contributed by atoms with Crippen LogP contribution in [0.4, 0.5) is 19.1 Å². The van der Waals surface area contributed by atoms with Gasteiger partial charge in [0.1, 0.15) is 17.3 Å². The number of nitrogens with zero attached hydrogens (tertiary/aromatic N) is 5. The Kier molecular flexibility index (Phi) is 6.63. The molecule has 29 heavy (non-hydrogen) atoms. The van der Waals surface area contributed by atoms with Crippen LogP contribution in [0.2, 0.25) is 0 Å². The topological polar surface area (TPSA) is 93.0 Å². The average molecular weight is 430 g/mol. The smallest absolute Gasteiger partial charge is 0.351 e. The molecule has 8 nitrogen and oxygen atoms in total. The standard InChI is InChI=1S/C17H21F3N6O2S/c1-12(11-27)9-25-10-15(8-23-25)29(28)26-4-2-14(3-5-26)24-16-21-6-13(7-22-16)17(18,19)20/h6-8,10-12,14H,2-5,9H2,1H3,(H,21,22,24). The quantitative estimate of drug-likeness (QED) is 0.677. The molecule has 1 saturated heterocycles. The highest BCUT2D eigenvalue weighted by Gasteiger charge is 2.31. The van der Waals surface area contributed by atoms with Crippen LogP contribution in [0.25, 0.3) is 0 Å². The Hall–Kier alpha value is -2.34. The molecule has 2 aromatic heterocycles. The van der Waals surface area contributed by atoms with Crippen molar-refractivity contribution in [2.24, 2.45) is 5.92 Å². The van der Waals surface area contributed by atoms with Crippen molar-refractivity contribution in [3.8, 4) is 0 Å². The van der Waals surface area contributed by atoms with Crippen molar-refractivity contribution in [2.45, 2.75) is 43.4 Å².